The highest BCUT2D eigenvalue weighted by atomic mass is 32.2. The number of sulfonamides is 1. The van der Waals surface area contributed by atoms with E-state index < -0.39 is 22.2 Å². The highest BCUT2D eigenvalue weighted by Crippen LogP contribution is 2.36. The van der Waals surface area contributed by atoms with Crippen molar-refractivity contribution in [3.05, 3.63) is 54.0 Å². The molecule has 0 saturated heterocycles. The van der Waals surface area contributed by atoms with Crippen molar-refractivity contribution in [3.63, 3.8) is 0 Å². The number of carbonyl (C=O) groups is 1. The lowest BCUT2D eigenvalue weighted by molar-refractivity contribution is 0.147. The van der Waals surface area contributed by atoms with Gasteiger partial charge in [-0.1, -0.05) is 6.07 Å². The monoisotopic (exact) mass is 375 g/mol. The molecule has 0 bridgehead atoms. The number of carbonyl (C=O) groups excluding carboxylic acids is 1. The third-order valence-electron chi connectivity index (χ3n) is 4.32. The maximum Gasteiger partial charge on any atom is 0.404 e. The van der Waals surface area contributed by atoms with Crippen LogP contribution in [0, 0.1) is 5.82 Å². The van der Waals surface area contributed by atoms with Crippen molar-refractivity contribution in [3.8, 4) is 11.1 Å². The number of ether oxygens (including phenoxy) is 1. The fourth-order valence-corrected chi connectivity index (χ4v) is 4.63. The second-order valence-corrected chi connectivity index (χ2v) is 7.63. The molecule has 1 aromatic heterocycles. The second-order valence-electron chi connectivity index (χ2n) is 5.95. The molecular weight excluding hydrogens is 361 g/mol. The zero-order chi connectivity index (χ0) is 18.5. The van der Waals surface area contributed by atoms with Crippen LogP contribution in [0.3, 0.4) is 0 Å². The maximum absolute atomic E-state index is 13.4. The van der Waals surface area contributed by atoms with Crippen LogP contribution in [0.25, 0.3) is 22.0 Å². The molecule has 0 saturated carbocycles. The molecule has 4 N–H and O–H groups in total. The van der Waals surface area contributed by atoms with Crippen molar-refractivity contribution in [2.24, 2.45) is 5.73 Å². The Kier molecular flexibility index (Phi) is 3.70. The van der Waals surface area contributed by atoms with Crippen molar-refractivity contribution in [2.75, 3.05) is 6.61 Å². The minimum atomic E-state index is -3.68. The van der Waals surface area contributed by atoms with E-state index in [4.69, 9.17) is 10.5 Å². The van der Waals surface area contributed by atoms with Gasteiger partial charge < -0.3 is 15.5 Å². The fraction of sp³-hybridized carbons (Fsp3) is 0.118. The highest BCUT2D eigenvalue weighted by Gasteiger charge is 2.35. The molecule has 0 spiro atoms. The summed E-state index contributed by atoms with van der Waals surface area (Å²) in [6, 6.07) is 8.59. The Bertz CT molecular complexity index is 1140. The van der Waals surface area contributed by atoms with Gasteiger partial charge in [-0.15, -0.1) is 0 Å². The van der Waals surface area contributed by atoms with Crippen molar-refractivity contribution in [2.45, 2.75) is 10.9 Å². The first-order chi connectivity index (χ1) is 12.3. The van der Waals surface area contributed by atoms with E-state index in [2.05, 4.69) is 9.71 Å². The van der Waals surface area contributed by atoms with Gasteiger partial charge in [0.2, 0.25) is 10.0 Å². The molecule has 4 rings (SSSR count). The van der Waals surface area contributed by atoms with E-state index in [0.29, 0.717) is 11.1 Å². The lowest BCUT2D eigenvalue weighted by atomic mass is 9.99. The molecule has 2 aromatic carbocycles. The molecule has 7 nitrogen and oxygen atoms in total. The van der Waals surface area contributed by atoms with Crippen LogP contribution in [0.15, 0.2) is 47.5 Å². The molecule has 1 atom stereocenters. The summed E-state index contributed by atoms with van der Waals surface area (Å²) in [4.78, 5) is 14.0. The van der Waals surface area contributed by atoms with Crippen LogP contribution in [0.5, 0.6) is 0 Å². The number of aromatic amines is 1. The smallest absolute Gasteiger partial charge is 0.404 e. The molecule has 1 amide bonds. The molecular formula is C17H14FN3O4S. The van der Waals surface area contributed by atoms with E-state index in [0.717, 1.165) is 16.5 Å². The number of hydrogen-bond acceptors (Lipinski definition) is 4. The molecule has 2 heterocycles. The summed E-state index contributed by atoms with van der Waals surface area (Å²) < 4.78 is 45.0. The lowest BCUT2D eigenvalue weighted by Gasteiger charge is -2.11. The van der Waals surface area contributed by atoms with Crippen LogP contribution in [-0.2, 0) is 14.8 Å². The summed E-state index contributed by atoms with van der Waals surface area (Å²) in [5, 5.41) is 0.810. The average Bonchev–Trinajstić information content (AvgIpc) is 3.11. The first kappa shape index (κ1) is 16.6. The quantitative estimate of drug-likeness (QED) is 0.652. The number of H-pyrrole nitrogens is 1. The predicted molar refractivity (Wildman–Crippen MR) is 92.3 cm³/mol. The van der Waals surface area contributed by atoms with E-state index in [-0.39, 0.29) is 17.3 Å². The van der Waals surface area contributed by atoms with Gasteiger partial charge in [-0.2, -0.15) is 0 Å². The number of aromatic nitrogens is 1. The number of nitrogens with one attached hydrogen (secondary N) is 2. The first-order valence-corrected chi connectivity index (χ1v) is 9.19. The lowest BCUT2D eigenvalue weighted by Crippen LogP contribution is -2.26. The Morgan fingerprint density at radius 2 is 2.04 bits per heavy atom. The first-order valence-electron chi connectivity index (χ1n) is 7.71. The van der Waals surface area contributed by atoms with E-state index in [1.807, 2.05) is 0 Å². The average molecular weight is 375 g/mol. The van der Waals surface area contributed by atoms with Gasteiger partial charge in [0.05, 0.1) is 10.9 Å². The highest BCUT2D eigenvalue weighted by molar-refractivity contribution is 7.89. The molecule has 1 aliphatic rings. The van der Waals surface area contributed by atoms with Gasteiger partial charge in [0.25, 0.3) is 0 Å². The molecule has 0 aliphatic carbocycles. The summed E-state index contributed by atoms with van der Waals surface area (Å²) in [5.74, 6) is -0.348. The summed E-state index contributed by atoms with van der Waals surface area (Å²) in [7, 11) is -3.68. The number of halogens is 1. The molecule has 0 radical (unpaired) electrons. The van der Waals surface area contributed by atoms with Crippen LogP contribution in [0.2, 0.25) is 0 Å². The van der Waals surface area contributed by atoms with Gasteiger partial charge in [-0.05, 0) is 41.5 Å². The van der Waals surface area contributed by atoms with Crippen molar-refractivity contribution in [1.82, 2.24) is 9.71 Å². The number of primary amides is 1. The van der Waals surface area contributed by atoms with Gasteiger partial charge >= 0.3 is 6.09 Å². The molecule has 1 aliphatic heterocycles. The largest absolute Gasteiger partial charge is 0.448 e. The Morgan fingerprint density at radius 3 is 2.81 bits per heavy atom. The molecule has 0 fully saturated rings. The Hall–Kier alpha value is -2.91. The summed E-state index contributed by atoms with van der Waals surface area (Å²) in [6.45, 7) is -0.204. The Balaban J connectivity index is 1.80. The van der Waals surface area contributed by atoms with Crippen LogP contribution >= 0.6 is 0 Å². The minimum absolute atomic E-state index is 0.130. The SMILES string of the molecule is NC(=O)OCC1NS(=O)(=O)c2ccc(-c3c[nH]c4cc(F)ccc34)cc21. The van der Waals surface area contributed by atoms with E-state index >= 15 is 0 Å². The molecule has 9 heteroatoms. The standard InChI is InChI=1S/C17H14FN3O4S/c18-10-2-3-11-13(7-20-14(11)6-10)9-1-4-16-12(5-9)15(8-25-17(19)22)21-26(16,23)24/h1-7,15,20-21H,8H2,(H2,19,22). The molecule has 1 unspecified atom stereocenters. The van der Waals surface area contributed by atoms with Crippen LogP contribution < -0.4 is 10.5 Å². The topological polar surface area (TPSA) is 114 Å². The van der Waals surface area contributed by atoms with Crippen molar-refractivity contribution in [1.29, 1.82) is 0 Å². The van der Waals surface area contributed by atoms with Crippen LogP contribution in [-0.4, -0.2) is 26.1 Å². The Labute approximate surface area is 148 Å². The minimum Gasteiger partial charge on any atom is -0.448 e. The fourth-order valence-electron chi connectivity index (χ4n) is 3.17. The number of amides is 1. The summed E-state index contributed by atoms with van der Waals surface area (Å²) >= 11 is 0. The van der Waals surface area contributed by atoms with E-state index in [1.165, 1.54) is 18.2 Å². The predicted octanol–water partition coefficient (Wildman–Crippen LogP) is 2.40. The van der Waals surface area contributed by atoms with Gasteiger partial charge in [0.15, 0.2) is 0 Å². The summed E-state index contributed by atoms with van der Waals surface area (Å²) in [5.41, 5.74) is 7.65. The van der Waals surface area contributed by atoms with Crippen LogP contribution in [0.1, 0.15) is 11.6 Å². The van der Waals surface area contributed by atoms with Gasteiger partial charge in [0, 0.05) is 22.7 Å². The number of rotatable bonds is 3. The van der Waals surface area contributed by atoms with Gasteiger partial charge in [0.1, 0.15) is 12.4 Å². The molecule has 3 aromatic rings. The third kappa shape index (κ3) is 2.71. The van der Waals surface area contributed by atoms with Gasteiger partial charge in [-0.25, -0.2) is 22.3 Å². The zero-order valence-corrected chi connectivity index (χ0v) is 14.1. The van der Waals surface area contributed by atoms with E-state index in [9.17, 15) is 17.6 Å². The second kappa shape index (κ2) is 5.82. The van der Waals surface area contributed by atoms with Gasteiger partial charge in [-0.3, -0.25) is 0 Å². The molecule has 26 heavy (non-hydrogen) atoms. The van der Waals surface area contributed by atoms with E-state index in [1.54, 1.807) is 24.4 Å². The van der Waals surface area contributed by atoms with Crippen molar-refractivity contribution >= 4 is 27.0 Å². The normalized spacial score (nSPS) is 18.0. The zero-order valence-electron chi connectivity index (χ0n) is 13.3. The Morgan fingerprint density at radius 1 is 1.23 bits per heavy atom. The van der Waals surface area contributed by atoms with Crippen LogP contribution in [0.4, 0.5) is 9.18 Å². The number of hydrogen-bond donors (Lipinski definition) is 3. The molecule has 134 valence electrons. The maximum atomic E-state index is 13.4. The van der Waals surface area contributed by atoms with Crippen molar-refractivity contribution < 1.29 is 22.3 Å². The third-order valence-corrected chi connectivity index (χ3v) is 5.86. The summed E-state index contributed by atoms with van der Waals surface area (Å²) in [6.07, 6.45) is 0.755. The number of benzene rings is 2. The number of fused-ring (bicyclic) bond motifs is 2. The number of nitrogens with two attached hydrogens (primary N) is 1.